The number of aryl methyl sites for hydroxylation is 2. The van der Waals surface area contributed by atoms with Crippen molar-refractivity contribution < 1.29 is 18.7 Å². The average Bonchev–Trinajstić information content (AvgIpc) is 2.83. The number of fused-ring (bicyclic) bond motifs is 1. The number of carbonyl (C=O) groups is 2. The summed E-state index contributed by atoms with van der Waals surface area (Å²) in [7, 11) is 0. The van der Waals surface area contributed by atoms with Crippen LogP contribution in [-0.4, -0.2) is 39.6 Å². The first-order valence-corrected chi connectivity index (χ1v) is 11.4. The maximum absolute atomic E-state index is 13.6. The number of carbonyl (C=O) groups excluding carboxylic acids is 2. The fourth-order valence-electron chi connectivity index (χ4n) is 4.07. The number of hydrogen-bond acceptors (Lipinski definition) is 5. The third-order valence-corrected chi connectivity index (χ3v) is 5.92. The van der Waals surface area contributed by atoms with Gasteiger partial charge in [-0.1, -0.05) is 12.1 Å². The molecular formula is C26H27FN4O4. The van der Waals surface area contributed by atoms with Gasteiger partial charge in [0.2, 0.25) is 5.91 Å². The van der Waals surface area contributed by atoms with E-state index in [0.29, 0.717) is 35.5 Å². The van der Waals surface area contributed by atoms with Crippen LogP contribution in [0, 0.1) is 19.7 Å². The highest BCUT2D eigenvalue weighted by Gasteiger charge is 2.27. The molecule has 0 atom stereocenters. The minimum atomic E-state index is -0.472. The van der Waals surface area contributed by atoms with E-state index in [1.165, 1.54) is 33.7 Å². The van der Waals surface area contributed by atoms with Gasteiger partial charge in [-0.25, -0.2) is 14.2 Å². The highest BCUT2D eigenvalue weighted by molar-refractivity contribution is 5.91. The molecule has 1 aromatic heterocycles. The smallest absolute Gasteiger partial charge is 0.410 e. The van der Waals surface area contributed by atoms with Crippen molar-refractivity contribution in [2.45, 2.75) is 40.3 Å². The van der Waals surface area contributed by atoms with Crippen molar-refractivity contribution in [1.29, 1.82) is 0 Å². The number of ether oxygens (including phenoxy) is 1. The zero-order valence-corrected chi connectivity index (χ0v) is 19.9. The Morgan fingerprint density at radius 3 is 2.60 bits per heavy atom. The molecule has 0 radical (unpaired) electrons. The van der Waals surface area contributed by atoms with E-state index in [1.807, 2.05) is 32.0 Å². The van der Waals surface area contributed by atoms with Crippen LogP contribution in [0.25, 0.3) is 11.4 Å². The fraction of sp³-hybridized carbons (Fsp3) is 0.308. The molecule has 4 rings (SSSR count). The Hall–Kier alpha value is -4.01. The molecule has 1 N–H and O–H groups in total. The lowest BCUT2D eigenvalue weighted by Crippen LogP contribution is -2.42. The van der Waals surface area contributed by atoms with Gasteiger partial charge in [-0.15, -0.1) is 0 Å². The van der Waals surface area contributed by atoms with Crippen LogP contribution >= 0.6 is 0 Å². The van der Waals surface area contributed by atoms with Gasteiger partial charge in [0.25, 0.3) is 5.56 Å². The van der Waals surface area contributed by atoms with Gasteiger partial charge in [0.15, 0.2) is 0 Å². The Balaban J connectivity index is 1.72. The third kappa shape index (κ3) is 5.24. The second-order valence-electron chi connectivity index (χ2n) is 8.50. The Morgan fingerprint density at radius 1 is 1.14 bits per heavy atom. The molecule has 35 heavy (non-hydrogen) atoms. The summed E-state index contributed by atoms with van der Waals surface area (Å²) in [6.45, 7) is 5.96. The predicted molar refractivity (Wildman–Crippen MR) is 130 cm³/mol. The molecule has 0 aliphatic carbocycles. The number of amides is 2. The Morgan fingerprint density at radius 2 is 1.89 bits per heavy atom. The minimum Gasteiger partial charge on any atom is -0.450 e. The van der Waals surface area contributed by atoms with Crippen LogP contribution in [0.15, 0.2) is 47.3 Å². The number of rotatable bonds is 5. The molecule has 8 nitrogen and oxygen atoms in total. The van der Waals surface area contributed by atoms with Crippen molar-refractivity contribution in [2.24, 2.45) is 0 Å². The van der Waals surface area contributed by atoms with Crippen LogP contribution in [-0.2, 0) is 29.0 Å². The number of benzene rings is 2. The average molecular weight is 479 g/mol. The number of aromatic nitrogens is 2. The summed E-state index contributed by atoms with van der Waals surface area (Å²) in [5.74, 6) is -0.577. The van der Waals surface area contributed by atoms with Gasteiger partial charge >= 0.3 is 6.09 Å². The van der Waals surface area contributed by atoms with Crippen molar-refractivity contribution in [3.8, 4) is 11.4 Å². The number of halogens is 1. The molecule has 0 saturated carbocycles. The van der Waals surface area contributed by atoms with Gasteiger partial charge in [-0.2, -0.15) is 0 Å². The first-order chi connectivity index (χ1) is 16.8. The van der Waals surface area contributed by atoms with E-state index in [-0.39, 0.29) is 37.0 Å². The van der Waals surface area contributed by atoms with Crippen LogP contribution in [0.3, 0.4) is 0 Å². The summed E-state index contributed by atoms with van der Waals surface area (Å²) in [4.78, 5) is 44.9. The van der Waals surface area contributed by atoms with E-state index in [1.54, 1.807) is 6.92 Å². The lowest BCUT2D eigenvalue weighted by atomic mass is 10.1. The fourth-order valence-corrected chi connectivity index (χ4v) is 4.07. The van der Waals surface area contributed by atoms with E-state index in [0.717, 1.165) is 11.1 Å². The minimum absolute atomic E-state index is 0.118. The van der Waals surface area contributed by atoms with Crippen LogP contribution in [0.1, 0.15) is 29.3 Å². The van der Waals surface area contributed by atoms with Crippen molar-refractivity contribution in [3.05, 3.63) is 81.0 Å². The van der Waals surface area contributed by atoms with Gasteiger partial charge < -0.3 is 15.0 Å². The monoisotopic (exact) mass is 478 g/mol. The Kier molecular flexibility index (Phi) is 6.95. The highest BCUT2D eigenvalue weighted by Crippen LogP contribution is 2.22. The van der Waals surface area contributed by atoms with Crippen LogP contribution < -0.4 is 10.9 Å². The van der Waals surface area contributed by atoms with E-state index in [4.69, 9.17) is 4.74 Å². The maximum Gasteiger partial charge on any atom is 0.410 e. The summed E-state index contributed by atoms with van der Waals surface area (Å²) in [6.07, 6.45) is -0.178. The first-order valence-electron chi connectivity index (χ1n) is 11.4. The molecule has 0 saturated heterocycles. The topological polar surface area (TPSA) is 93.5 Å². The van der Waals surface area contributed by atoms with Crippen LogP contribution in [0.2, 0.25) is 0 Å². The van der Waals surface area contributed by atoms with Gasteiger partial charge in [0.1, 0.15) is 18.2 Å². The Labute approximate surface area is 202 Å². The summed E-state index contributed by atoms with van der Waals surface area (Å²) >= 11 is 0. The molecule has 0 unspecified atom stereocenters. The largest absolute Gasteiger partial charge is 0.450 e. The standard InChI is InChI=1S/C26H27FN4O4/c1-4-35-26(34)30-12-11-20-22(14-30)29-24(18-7-9-19(27)10-8-18)31(25(20)33)15-23(32)28-21-13-16(2)5-6-17(21)3/h5-10,13H,4,11-12,14-15H2,1-3H3,(H,28,32). The van der Waals surface area contributed by atoms with Crippen molar-refractivity contribution in [2.75, 3.05) is 18.5 Å². The van der Waals surface area contributed by atoms with E-state index < -0.39 is 11.9 Å². The molecule has 2 amide bonds. The predicted octanol–water partition coefficient (Wildman–Crippen LogP) is 3.82. The van der Waals surface area contributed by atoms with Gasteiger partial charge in [-0.05, 0) is 68.7 Å². The lowest BCUT2D eigenvalue weighted by Gasteiger charge is -2.28. The summed E-state index contributed by atoms with van der Waals surface area (Å²) in [5, 5.41) is 2.87. The van der Waals surface area contributed by atoms with E-state index >= 15 is 0 Å². The van der Waals surface area contributed by atoms with Crippen molar-refractivity contribution >= 4 is 17.7 Å². The summed E-state index contributed by atoms with van der Waals surface area (Å²) in [6, 6.07) is 11.3. The second kappa shape index (κ2) is 10.1. The molecular weight excluding hydrogens is 451 g/mol. The second-order valence-corrected chi connectivity index (χ2v) is 8.50. The van der Waals surface area contributed by atoms with Gasteiger partial charge in [-0.3, -0.25) is 14.2 Å². The Bertz CT molecular complexity index is 1330. The quantitative estimate of drug-likeness (QED) is 0.602. The van der Waals surface area contributed by atoms with Crippen LogP contribution in [0.5, 0.6) is 0 Å². The van der Waals surface area contributed by atoms with Crippen molar-refractivity contribution in [1.82, 2.24) is 14.5 Å². The molecule has 1 aliphatic heterocycles. The molecule has 0 fully saturated rings. The third-order valence-electron chi connectivity index (χ3n) is 5.92. The zero-order valence-electron chi connectivity index (χ0n) is 19.9. The molecule has 3 aromatic rings. The van der Waals surface area contributed by atoms with E-state index in [2.05, 4.69) is 10.3 Å². The number of anilines is 1. The van der Waals surface area contributed by atoms with Gasteiger partial charge in [0, 0.05) is 23.4 Å². The molecule has 9 heteroatoms. The molecule has 0 bridgehead atoms. The number of nitrogens with one attached hydrogen (secondary N) is 1. The normalized spacial score (nSPS) is 12.7. The van der Waals surface area contributed by atoms with E-state index in [9.17, 15) is 18.8 Å². The molecule has 2 heterocycles. The van der Waals surface area contributed by atoms with Crippen LogP contribution in [0.4, 0.5) is 14.9 Å². The summed E-state index contributed by atoms with van der Waals surface area (Å²) < 4.78 is 20.0. The first kappa shape index (κ1) is 24.1. The van der Waals surface area contributed by atoms with Gasteiger partial charge in [0.05, 0.1) is 18.8 Å². The number of nitrogens with zero attached hydrogens (tertiary/aromatic N) is 3. The molecule has 182 valence electrons. The highest BCUT2D eigenvalue weighted by atomic mass is 19.1. The zero-order chi connectivity index (χ0) is 25.1. The lowest BCUT2D eigenvalue weighted by molar-refractivity contribution is -0.116. The number of hydrogen-bond donors (Lipinski definition) is 1. The summed E-state index contributed by atoms with van der Waals surface area (Å²) in [5.41, 5.74) is 3.60. The maximum atomic E-state index is 13.6. The van der Waals surface area contributed by atoms with Crippen molar-refractivity contribution in [3.63, 3.8) is 0 Å². The SMILES string of the molecule is CCOC(=O)N1CCc2c(nc(-c3ccc(F)cc3)n(CC(=O)Nc3cc(C)ccc3C)c2=O)C1. The molecule has 1 aliphatic rings. The molecule has 2 aromatic carbocycles. The molecule has 0 spiro atoms.